The molecule has 0 atom stereocenters. The van der Waals surface area contributed by atoms with Crippen LogP contribution in [0.25, 0.3) is 0 Å². The van der Waals surface area contributed by atoms with Crippen molar-refractivity contribution in [3.63, 3.8) is 0 Å². The lowest BCUT2D eigenvalue weighted by atomic mass is 10.4. The molecule has 0 saturated carbocycles. The van der Waals surface area contributed by atoms with E-state index in [1.54, 1.807) is 7.11 Å². The summed E-state index contributed by atoms with van der Waals surface area (Å²) in [5.41, 5.74) is 0. The van der Waals surface area contributed by atoms with Crippen LogP contribution in [0, 0.1) is 0 Å². The fourth-order valence-electron chi connectivity index (χ4n) is 1.07. The molecule has 0 aromatic heterocycles. The molecule has 6 nitrogen and oxygen atoms in total. The van der Waals surface area contributed by atoms with Gasteiger partial charge in [0.05, 0.1) is 40.0 Å². The highest BCUT2D eigenvalue weighted by atomic mass is 16.6. The number of quaternary nitrogens is 1. The Balaban J connectivity index is 0. The van der Waals surface area contributed by atoms with Crippen molar-refractivity contribution in [2.45, 2.75) is 13.8 Å². The molecule has 6 heteroatoms. The molecule has 0 saturated heterocycles. The molecule has 0 unspecified atom stereocenters. The molecule has 0 aromatic carbocycles. The summed E-state index contributed by atoms with van der Waals surface area (Å²) < 4.78 is 11.4. The summed E-state index contributed by atoms with van der Waals surface area (Å²) in [6.45, 7) is 10.1. The fraction of sp³-hybridized carbons (Fsp3) is 0.909. The van der Waals surface area contributed by atoms with Gasteiger partial charge in [0.2, 0.25) is 6.16 Å². The second-order valence-corrected chi connectivity index (χ2v) is 3.85. The Labute approximate surface area is 103 Å². The van der Waals surface area contributed by atoms with Gasteiger partial charge in [-0.25, -0.2) is 0 Å². The third-order valence-electron chi connectivity index (χ3n) is 2.73. The largest absolute Gasteiger partial charge is 0.565 e. The van der Waals surface area contributed by atoms with Crippen molar-refractivity contribution in [1.82, 2.24) is 0 Å². The molecular weight excluding hydrogens is 226 g/mol. The monoisotopic (exact) mass is 251 g/mol. The maximum absolute atomic E-state index is 8.44. The average Bonchev–Trinajstić information content (AvgIpc) is 2.28. The van der Waals surface area contributed by atoms with Gasteiger partial charge in [0.15, 0.2) is 0 Å². The smallest absolute Gasteiger partial charge is 0.249 e. The van der Waals surface area contributed by atoms with Crippen molar-refractivity contribution in [3.8, 4) is 0 Å². The van der Waals surface area contributed by atoms with E-state index in [9.17, 15) is 0 Å². The van der Waals surface area contributed by atoms with Gasteiger partial charge in [-0.15, -0.1) is 0 Å². The van der Waals surface area contributed by atoms with Crippen LogP contribution in [0.4, 0.5) is 4.79 Å². The van der Waals surface area contributed by atoms with Gasteiger partial charge in [0.1, 0.15) is 6.54 Å². The average molecular weight is 251 g/mol. The Kier molecular flexibility index (Phi) is 12.7. The number of nitrogens with zero attached hydrogens (tertiary/aromatic N) is 1. The van der Waals surface area contributed by atoms with E-state index in [-0.39, 0.29) is 0 Å². The van der Waals surface area contributed by atoms with Gasteiger partial charge in [-0.1, -0.05) is 0 Å². The third-order valence-corrected chi connectivity index (χ3v) is 2.73. The first-order valence-electron chi connectivity index (χ1n) is 5.72. The Hall–Kier alpha value is -0.850. The molecule has 0 spiro atoms. The topological polar surface area (TPSA) is 78.8 Å². The summed E-state index contributed by atoms with van der Waals surface area (Å²) in [4.78, 5) is 8.44. The maximum atomic E-state index is 8.44. The quantitative estimate of drug-likeness (QED) is 0.486. The van der Waals surface area contributed by atoms with Gasteiger partial charge in [0, 0.05) is 7.11 Å². The van der Waals surface area contributed by atoms with E-state index in [2.05, 4.69) is 20.9 Å². The minimum absolute atomic E-state index is 0.696. The van der Waals surface area contributed by atoms with Crippen molar-refractivity contribution in [3.05, 3.63) is 0 Å². The summed E-state index contributed by atoms with van der Waals surface area (Å²) in [6.07, 6.45) is -2.08. The number of carbonyl (C=O) groups is 1. The molecule has 0 heterocycles. The summed E-state index contributed by atoms with van der Waals surface area (Å²) in [7, 11) is 3.96. The van der Waals surface area contributed by atoms with E-state index >= 15 is 0 Å². The zero-order valence-electron chi connectivity index (χ0n) is 11.3. The van der Waals surface area contributed by atoms with Gasteiger partial charge in [-0.3, -0.25) is 0 Å². The summed E-state index contributed by atoms with van der Waals surface area (Å²) in [5.74, 6) is 0. The highest BCUT2D eigenvalue weighted by Gasteiger charge is 2.15. The Bertz CT molecular complexity index is 179. The predicted octanol–water partition coefficient (Wildman–Crippen LogP) is 0.0235. The van der Waals surface area contributed by atoms with Crippen LogP contribution < -0.4 is 5.11 Å². The van der Waals surface area contributed by atoms with Crippen LogP contribution in [0.5, 0.6) is 0 Å². The Morgan fingerprint density at radius 2 is 1.71 bits per heavy atom. The number of likely N-dealkylation sites (N-methyl/N-ethyl adjacent to an activating group) is 1. The highest BCUT2D eigenvalue weighted by molar-refractivity contribution is 5.50. The predicted molar refractivity (Wildman–Crippen MR) is 62.9 cm³/mol. The second-order valence-electron chi connectivity index (χ2n) is 3.85. The SMILES string of the molecule is CC[N+](C)(CC)CCOCCOC.O=C([O-])O. The fourth-order valence-corrected chi connectivity index (χ4v) is 1.07. The van der Waals surface area contributed by atoms with Gasteiger partial charge < -0.3 is 29.0 Å². The van der Waals surface area contributed by atoms with Crippen LogP contribution in [-0.2, 0) is 9.47 Å². The van der Waals surface area contributed by atoms with Crippen molar-refractivity contribution in [1.29, 1.82) is 0 Å². The van der Waals surface area contributed by atoms with Gasteiger partial charge in [0.25, 0.3) is 0 Å². The molecule has 1 N–H and O–H groups in total. The number of methoxy groups -OCH3 is 1. The number of ether oxygens (including phenoxy) is 2. The number of hydrogen-bond donors (Lipinski definition) is 1. The van der Waals surface area contributed by atoms with Crippen LogP contribution >= 0.6 is 0 Å². The lowest BCUT2D eigenvalue weighted by Crippen LogP contribution is -2.45. The normalized spacial score (nSPS) is 10.6. The molecule has 0 fully saturated rings. The van der Waals surface area contributed by atoms with E-state index in [1.807, 2.05) is 0 Å². The first-order valence-corrected chi connectivity index (χ1v) is 5.72. The number of carboxylic acid groups (broad SMARTS) is 2. The van der Waals surface area contributed by atoms with Crippen LogP contribution in [0.2, 0.25) is 0 Å². The lowest BCUT2D eigenvalue weighted by Gasteiger charge is -2.31. The molecular formula is C11H25NO5. The zero-order chi connectivity index (χ0) is 13.7. The number of rotatable bonds is 8. The molecule has 0 bridgehead atoms. The zero-order valence-corrected chi connectivity index (χ0v) is 11.3. The van der Waals surface area contributed by atoms with Crippen LogP contribution in [-0.4, -0.2) is 69.4 Å². The van der Waals surface area contributed by atoms with E-state index in [1.165, 1.54) is 13.1 Å². The maximum Gasteiger partial charge on any atom is 0.249 e. The van der Waals surface area contributed by atoms with Crippen LogP contribution in [0.3, 0.4) is 0 Å². The molecule has 0 rings (SSSR count). The van der Waals surface area contributed by atoms with Crippen molar-refractivity contribution < 1.29 is 29.0 Å². The summed E-state index contributed by atoms with van der Waals surface area (Å²) in [5, 5.41) is 15.3. The summed E-state index contributed by atoms with van der Waals surface area (Å²) >= 11 is 0. The minimum atomic E-state index is -2.08. The van der Waals surface area contributed by atoms with Crippen LogP contribution in [0.1, 0.15) is 13.8 Å². The van der Waals surface area contributed by atoms with Crippen LogP contribution in [0.15, 0.2) is 0 Å². The molecule has 0 aromatic rings. The van der Waals surface area contributed by atoms with E-state index in [0.717, 1.165) is 17.6 Å². The Morgan fingerprint density at radius 3 is 2.06 bits per heavy atom. The molecule has 0 radical (unpaired) electrons. The van der Waals surface area contributed by atoms with Gasteiger partial charge in [-0.2, -0.15) is 0 Å². The van der Waals surface area contributed by atoms with Gasteiger partial charge >= 0.3 is 0 Å². The molecule has 0 aliphatic rings. The number of hydrogen-bond acceptors (Lipinski definition) is 4. The molecule has 0 aliphatic heterocycles. The van der Waals surface area contributed by atoms with Gasteiger partial charge in [-0.05, 0) is 13.8 Å². The van der Waals surface area contributed by atoms with Crippen molar-refractivity contribution in [2.75, 3.05) is 53.6 Å². The highest BCUT2D eigenvalue weighted by Crippen LogP contribution is 1.99. The summed E-state index contributed by atoms with van der Waals surface area (Å²) in [6, 6.07) is 0. The Morgan fingerprint density at radius 1 is 1.24 bits per heavy atom. The van der Waals surface area contributed by atoms with Crippen molar-refractivity contribution in [2.24, 2.45) is 0 Å². The molecule has 104 valence electrons. The third kappa shape index (κ3) is 15.1. The second kappa shape index (κ2) is 11.6. The molecule has 17 heavy (non-hydrogen) atoms. The first kappa shape index (κ1) is 18.5. The van der Waals surface area contributed by atoms with E-state index < -0.39 is 6.16 Å². The standard InChI is InChI=1S/C10H24NO2.CH2O3/c1-5-11(3,6-2)7-8-13-10-9-12-4;2-1(3)4/h5-10H2,1-4H3;(H2,2,3,4)/q+1;/p-1. The van der Waals surface area contributed by atoms with Crippen molar-refractivity contribution >= 4 is 6.16 Å². The first-order chi connectivity index (χ1) is 7.91. The lowest BCUT2D eigenvalue weighted by molar-refractivity contribution is -0.906. The van der Waals surface area contributed by atoms with E-state index in [0.29, 0.717) is 13.2 Å². The molecule has 0 aliphatic carbocycles. The minimum Gasteiger partial charge on any atom is -0.565 e. The molecule has 0 amide bonds. The van der Waals surface area contributed by atoms with E-state index in [4.69, 9.17) is 24.5 Å².